The molecule has 2 aromatic heterocycles. The average molecular weight is 646 g/mol. The van der Waals surface area contributed by atoms with E-state index >= 15 is 0 Å². The molecule has 3 heterocycles. The van der Waals surface area contributed by atoms with Crippen molar-refractivity contribution < 1.29 is 32.4 Å². The fourth-order valence-electron chi connectivity index (χ4n) is 5.50. The van der Waals surface area contributed by atoms with Crippen molar-refractivity contribution in [2.45, 2.75) is 37.0 Å². The van der Waals surface area contributed by atoms with E-state index in [0.29, 0.717) is 49.6 Å². The maximum Gasteiger partial charge on any atom is 0.293 e. The maximum atomic E-state index is 13.3. The second-order valence-electron chi connectivity index (χ2n) is 11.2. The predicted molar refractivity (Wildman–Crippen MR) is 169 cm³/mol. The van der Waals surface area contributed by atoms with E-state index in [1.807, 2.05) is 16.9 Å². The Morgan fingerprint density at radius 1 is 1.11 bits per heavy atom. The van der Waals surface area contributed by atoms with Crippen LogP contribution in [0.15, 0.2) is 71.9 Å². The van der Waals surface area contributed by atoms with Crippen molar-refractivity contribution in [3.63, 3.8) is 0 Å². The van der Waals surface area contributed by atoms with Crippen LogP contribution < -0.4 is 14.8 Å². The average Bonchev–Trinajstić information content (AvgIpc) is 3.52. The molecule has 1 aliphatic heterocycles. The quantitative estimate of drug-likeness (QED) is 0.150. The van der Waals surface area contributed by atoms with Crippen LogP contribution in [0.2, 0.25) is 0 Å². The smallest absolute Gasteiger partial charge is 0.293 e. The highest BCUT2D eigenvalue weighted by Gasteiger charge is 2.26. The number of aromatic amines is 1. The van der Waals surface area contributed by atoms with Gasteiger partial charge >= 0.3 is 0 Å². The molecule has 13 nitrogen and oxygen atoms in total. The zero-order valence-electron chi connectivity index (χ0n) is 24.7. The Morgan fingerprint density at radius 3 is 2.70 bits per heavy atom. The number of fused-ring (bicyclic) bond motifs is 1. The summed E-state index contributed by atoms with van der Waals surface area (Å²) in [5.41, 5.74) is 1.93. The fraction of sp³-hybridized carbons (Fsp3) is 0.281. The molecular weight excluding hydrogens is 614 g/mol. The monoisotopic (exact) mass is 645 g/mol. The molecule has 0 spiro atoms. The minimum absolute atomic E-state index is 0.0188. The molecule has 2 aliphatic rings. The first-order valence-corrected chi connectivity index (χ1v) is 16.3. The number of aromatic nitrogens is 2. The van der Waals surface area contributed by atoms with Gasteiger partial charge in [-0.25, -0.2) is 18.1 Å². The number of allylic oxidation sites excluding steroid dienone is 2. The Labute approximate surface area is 264 Å². The third kappa shape index (κ3) is 6.92. The molecule has 0 bridgehead atoms. The molecule has 1 aliphatic carbocycles. The molecule has 2 aromatic carbocycles. The van der Waals surface area contributed by atoms with Crippen LogP contribution in [0, 0.1) is 16.0 Å². The molecule has 4 aromatic rings. The molecule has 1 fully saturated rings. The number of pyridine rings is 1. The van der Waals surface area contributed by atoms with Crippen LogP contribution in [0.1, 0.15) is 48.0 Å². The van der Waals surface area contributed by atoms with E-state index in [2.05, 4.69) is 15.3 Å². The number of carbonyl (C=O) groups is 2. The van der Waals surface area contributed by atoms with Crippen LogP contribution in [0.5, 0.6) is 11.5 Å². The standard InChI is InChI=1S/C32H31N5O8S/c38-24-4-1-21(2-5-24)27-7-3-23(16-30(27)45-25-15-22-9-12-33-31(22)35-19-25)32(39)36-46(42,43)26-6-8-28(29(17-26)37(40)41)34-18-20-10-13-44-14-11-20/h1,3,6-9,12,15-17,19-20,34H,2,4-5,10-11,13-14,18H2,(H,33,35)(H,36,39). The topological polar surface area (TPSA) is 183 Å². The van der Waals surface area contributed by atoms with E-state index in [1.54, 1.807) is 18.3 Å². The van der Waals surface area contributed by atoms with Gasteiger partial charge in [0.15, 0.2) is 0 Å². The number of nitrogens with zero attached hydrogens (tertiary/aromatic N) is 2. The maximum absolute atomic E-state index is 13.3. The van der Waals surface area contributed by atoms with Crippen molar-refractivity contribution in [3.05, 3.63) is 88.2 Å². The van der Waals surface area contributed by atoms with Crippen LogP contribution in [0.25, 0.3) is 16.6 Å². The highest BCUT2D eigenvalue weighted by atomic mass is 32.2. The minimum atomic E-state index is -4.49. The molecule has 0 saturated carbocycles. The van der Waals surface area contributed by atoms with Gasteiger partial charge < -0.3 is 19.8 Å². The summed E-state index contributed by atoms with van der Waals surface area (Å²) >= 11 is 0. The van der Waals surface area contributed by atoms with Crippen molar-refractivity contribution in [3.8, 4) is 11.5 Å². The summed E-state index contributed by atoms with van der Waals surface area (Å²) in [4.78, 5) is 43.2. The van der Waals surface area contributed by atoms with Crippen LogP contribution >= 0.6 is 0 Å². The van der Waals surface area contributed by atoms with Crippen molar-refractivity contribution in [1.82, 2.24) is 14.7 Å². The number of benzene rings is 2. The largest absolute Gasteiger partial charge is 0.455 e. The Bertz CT molecular complexity index is 1960. The zero-order chi connectivity index (χ0) is 32.3. The first-order chi connectivity index (χ1) is 22.2. The number of ether oxygens (including phenoxy) is 2. The number of amides is 1. The number of Topliss-reactive ketones (excluding diaryl/α,β-unsaturated/α-hetero) is 1. The molecule has 0 unspecified atom stereocenters. The summed E-state index contributed by atoms with van der Waals surface area (Å²) in [5, 5.41) is 15.7. The number of ketones is 1. The summed E-state index contributed by atoms with van der Waals surface area (Å²) in [6.45, 7) is 1.73. The number of rotatable bonds is 10. The van der Waals surface area contributed by atoms with E-state index < -0.39 is 31.4 Å². The molecule has 0 atom stereocenters. The van der Waals surface area contributed by atoms with Crippen LogP contribution in [0.4, 0.5) is 11.4 Å². The SMILES string of the molecule is O=C1CC=C(c2ccc(C(=O)NS(=O)(=O)c3ccc(NCC4CCOCC4)c([N+](=O)[O-])c3)cc2Oc2cnc3[nH]ccc3c2)CC1. The highest BCUT2D eigenvalue weighted by Crippen LogP contribution is 2.36. The number of nitro benzene ring substituents is 1. The second-order valence-corrected chi connectivity index (χ2v) is 12.9. The van der Waals surface area contributed by atoms with Gasteiger partial charge in [0.05, 0.1) is 16.0 Å². The van der Waals surface area contributed by atoms with E-state index in [-0.39, 0.29) is 35.1 Å². The summed E-state index contributed by atoms with van der Waals surface area (Å²) < 4.78 is 40.1. The van der Waals surface area contributed by atoms with Gasteiger partial charge in [-0.2, -0.15) is 0 Å². The van der Waals surface area contributed by atoms with Gasteiger partial charge in [0.2, 0.25) is 0 Å². The number of H-pyrrole nitrogens is 1. The van der Waals surface area contributed by atoms with Crippen LogP contribution in [-0.4, -0.2) is 54.8 Å². The molecule has 3 N–H and O–H groups in total. The fourth-order valence-corrected chi connectivity index (χ4v) is 6.49. The third-order valence-electron chi connectivity index (χ3n) is 8.07. The number of nitro groups is 1. The Hall–Kier alpha value is -5.08. The van der Waals surface area contributed by atoms with Crippen LogP contribution in [0.3, 0.4) is 0 Å². The van der Waals surface area contributed by atoms with Crippen molar-refractivity contribution in [1.29, 1.82) is 0 Å². The van der Waals surface area contributed by atoms with Gasteiger partial charge in [0.1, 0.15) is 28.6 Å². The summed E-state index contributed by atoms with van der Waals surface area (Å²) in [6.07, 6.45) is 7.87. The number of sulfonamides is 1. The molecule has 14 heteroatoms. The number of carbonyl (C=O) groups excluding carboxylic acids is 2. The first-order valence-electron chi connectivity index (χ1n) is 14.8. The molecule has 46 heavy (non-hydrogen) atoms. The molecule has 0 radical (unpaired) electrons. The minimum Gasteiger partial charge on any atom is -0.455 e. The predicted octanol–water partition coefficient (Wildman–Crippen LogP) is 5.36. The second kappa shape index (κ2) is 13.1. The summed E-state index contributed by atoms with van der Waals surface area (Å²) in [5.74, 6) is 0.119. The third-order valence-corrected chi connectivity index (χ3v) is 9.40. The molecule has 6 rings (SSSR count). The number of hydrogen-bond acceptors (Lipinski definition) is 10. The lowest BCUT2D eigenvalue weighted by atomic mass is 9.92. The highest BCUT2D eigenvalue weighted by molar-refractivity contribution is 7.90. The van der Waals surface area contributed by atoms with E-state index in [1.165, 1.54) is 30.5 Å². The summed E-state index contributed by atoms with van der Waals surface area (Å²) in [6, 6.07) is 11.6. The van der Waals surface area contributed by atoms with E-state index in [4.69, 9.17) is 9.47 Å². The number of nitrogens with one attached hydrogen (secondary N) is 3. The van der Waals surface area contributed by atoms with Gasteiger partial charge in [-0.15, -0.1) is 0 Å². The van der Waals surface area contributed by atoms with E-state index in [0.717, 1.165) is 29.9 Å². The van der Waals surface area contributed by atoms with Crippen LogP contribution in [-0.2, 0) is 19.6 Å². The van der Waals surface area contributed by atoms with Gasteiger partial charge in [0, 0.05) is 61.4 Å². The van der Waals surface area contributed by atoms with Gasteiger partial charge in [-0.3, -0.25) is 19.7 Å². The number of anilines is 1. The van der Waals surface area contributed by atoms with Gasteiger partial charge in [-0.05, 0) is 67.2 Å². The lowest BCUT2D eigenvalue weighted by molar-refractivity contribution is -0.384. The first kappa shape index (κ1) is 30.9. The Morgan fingerprint density at radius 2 is 1.93 bits per heavy atom. The van der Waals surface area contributed by atoms with Crippen molar-refractivity contribution in [2.75, 3.05) is 25.1 Å². The lowest BCUT2D eigenvalue weighted by Gasteiger charge is -2.22. The Kier molecular flexibility index (Phi) is 8.81. The molecule has 1 saturated heterocycles. The van der Waals surface area contributed by atoms with Crippen molar-refractivity contribution in [2.24, 2.45) is 5.92 Å². The normalized spacial score (nSPS) is 15.7. The van der Waals surface area contributed by atoms with Gasteiger partial charge in [-0.1, -0.05) is 12.1 Å². The van der Waals surface area contributed by atoms with Gasteiger partial charge in [0.25, 0.3) is 21.6 Å². The molecular formula is C32H31N5O8S. The van der Waals surface area contributed by atoms with E-state index in [9.17, 15) is 28.1 Å². The Balaban J connectivity index is 1.25. The number of hydrogen-bond donors (Lipinski definition) is 3. The molecule has 238 valence electrons. The zero-order valence-corrected chi connectivity index (χ0v) is 25.5. The van der Waals surface area contributed by atoms with Crippen molar-refractivity contribution >= 4 is 49.7 Å². The lowest BCUT2D eigenvalue weighted by Crippen LogP contribution is -2.30. The molecule has 1 amide bonds. The summed E-state index contributed by atoms with van der Waals surface area (Å²) in [7, 11) is -4.49.